The Kier molecular flexibility index (Phi) is 6.67. The van der Waals surface area contributed by atoms with Crippen LogP contribution in [0.25, 0.3) is 0 Å². The molecule has 0 radical (unpaired) electrons. The molecule has 2 aromatic rings. The van der Waals surface area contributed by atoms with Gasteiger partial charge in [0, 0.05) is 17.7 Å². The van der Waals surface area contributed by atoms with Crippen LogP contribution in [0.5, 0.6) is 0 Å². The smallest absolute Gasteiger partial charge is 0.307 e. The van der Waals surface area contributed by atoms with E-state index in [1.54, 1.807) is 24.3 Å². The lowest BCUT2D eigenvalue weighted by molar-refractivity contribution is -0.147. The third-order valence-electron chi connectivity index (χ3n) is 3.96. The third kappa shape index (κ3) is 5.55. The van der Waals surface area contributed by atoms with Gasteiger partial charge >= 0.3 is 5.97 Å². The lowest BCUT2D eigenvalue weighted by Gasteiger charge is -2.13. The summed E-state index contributed by atoms with van der Waals surface area (Å²) in [4.78, 5) is 36.1. The highest BCUT2D eigenvalue weighted by molar-refractivity contribution is 6.00. The van der Waals surface area contributed by atoms with Crippen molar-refractivity contribution in [2.75, 3.05) is 5.32 Å². The number of nitrogens with one attached hydrogen (secondary N) is 1. The predicted octanol–water partition coefficient (Wildman–Crippen LogP) is 3.84. The summed E-state index contributed by atoms with van der Waals surface area (Å²) >= 11 is 0. The number of rotatable bonds is 7. The summed E-state index contributed by atoms with van der Waals surface area (Å²) in [6, 6.07) is 14.4. The summed E-state index contributed by atoms with van der Waals surface area (Å²) in [5.74, 6) is -1.10. The molecule has 0 bridgehead atoms. The van der Waals surface area contributed by atoms with Gasteiger partial charge in [-0.1, -0.05) is 42.5 Å². The molecule has 0 aliphatic rings. The second-order valence-electron chi connectivity index (χ2n) is 6.23. The number of carbonyl (C=O) groups excluding carboxylic acids is 3. The third-order valence-corrected chi connectivity index (χ3v) is 3.96. The summed E-state index contributed by atoms with van der Waals surface area (Å²) in [6.45, 7) is 5.38. The highest BCUT2D eigenvalue weighted by Gasteiger charge is 2.19. The molecule has 136 valence electrons. The van der Waals surface area contributed by atoms with Crippen LogP contribution in [-0.2, 0) is 14.3 Å². The number of ketones is 1. The highest BCUT2D eigenvalue weighted by Crippen LogP contribution is 2.17. The lowest BCUT2D eigenvalue weighted by Crippen LogP contribution is -2.25. The number of aryl methyl sites for hydroxylation is 2. The molecule has 0 fully saturated rings. The Labute approximate surface area is 153 Å². The van der Waals surface area contributed by atoms with Crippen molar-refractivity contribution in [2.45, 2.75) is 39.7 Å². The van der Waals surface area contributed by atoms with Crippen LogP contribution in [0.15, 0.2) is 48.5 Å². The standard InChI is InChI=1S/C21H23NO4/c1-14-9-10-15(2)18(13-14)22-19(23)11-12-20(24)26-16(3)21(25)17-7-5-4-6-8-17/h4-10,13,16H,11-12H2,1-3H3,(H,22,23). The lowest BCUT2D eigenvalue weighted by atomic mass is 10.1. The molecule has 2 aromatic carbocycles. The maximum absolute atomic E-state index is 12.2. The molecule has 0 aliphatic heterocycles. The van der Waals surface area contributed by atoms with E-state index >= 15 is 0 Å². The predicted molar refractivity (Wildman–Crippen MR) is 100 cm³/mol. The molecule has 0 spiro atoms. The van der Waals surface area contributed by atoms with E-state index in [1.807, 2.05) is 38.1 Å². The van der Waals surface area contributed by atoms with Gasteiger partial charge in [-0.15, -0.1) is 0 Å². The number of esters is 1. The van der Waals surface area contributed by atoms with Crippen molar-refractivity contribution in [3.8, 4) is 0 Å². The van der Waals surface area contributed by atoms with E-state index in [1.165, 1.54) is 6.92 Å². The van der Waals surface area contributed by atoms with Crippen LogP contribution in [-0.4, -0.2) is 23.8 Å². The topological polar surface area (TPSA) is 72.5 Å². The molecule has 0 saturated heterocycles. The molecular weight excluding hydrogens is 330 g/mol. The fourth-order valence-corrected chi connectivity index (χ4v) is 2.45. The Hall–Kier alpha value is -2.95. The van der Waals surface area contributed by atoms with E-state index in [2.05, 4.69) is 5.32 Å². The fourth-order valence-electron chi connectivity index (χ4n) is 2.45. The molecule has 0 aliphatic carbocycles. The number of Topliss-reactive ketones (excluding diaryl/α,β-unsaturated/α-hetero) is 1. The number of amides is 1. The van der Waals surface area contributed by atoms with Crippen LogP contribution in [0.4, 0.5) is 5.69 Å². The maximum atomic E-state index is 12.2. The van der Waals surface area contributed by atoms with Crippen LogP contribution < -0.4 is 5.32 Å². The molecule has 0 heterocycles. The summed E-state index contributed by atoms with van der Waals surface area (Å²) in [7, 11) is 0. The minimum absolute atomic E-state index is 0.00153. The van der Waals surface area contributed by atoms with E-state index in [0.29, 0.717) is 5.56 Å². The van der Waals surface area contributed by atoms with Gasteiger partial charge in [0.15, 0.2) is 6.10 Å². The molecule has 26 heavy (non-hydrogen) atoms. The maximum Gasteiger partial charge on any atom is 0.307 e. The Morgan fingerprint density at radius 2 is 1.69 bits per heavy atom. The van der Waals surface area contributed by atoms with E-state index in [4.69, 9.17) is 4.74 Å². The van der Waals surface area contributed by atoms with Gasteiger partial charge in [-0.3, -0.25) is 14.4 Å². The Morgan fingerprint density at radius 1 is 1.00 bits per heavy atom. The summed E-state index contributed by atoms with van der Waals surface area (Å²) in [5, 5.41) is 2.79. The first-order chi connectivity index (χ1) is 12.4. The van der Waals surface area contributed by atoms with E-state index in [-0.39, 0.29) is 24.5 Å². The molecule has 1 atom stereocenters. The van der Waals surface area contributed by atoms with Crippen molar-refractivity contribution in [1.82, 2.24) is 0 Å². The quantitative estimate of drug-likeness (QED) is 0.606. The number of hydrogen-bond donors (Lipinski definition) is 1. The largest absolute Gasteiger partial charge is 0.454 e. The van der Waals surface area contributed by atoms with Crippen LogP contribution in [0, 0.1) is 13.8 Å². The van der Waals surface area contributed by atoms with E-state index in [0.717, 1.165) is 16.8 Å². The van der Waals surface area contributed by atoms with Crippen molar-refractivity contribution < 1.29 is 19.1 Å². The number of ether oxygens (including phenoxy) is 1. The molecule has 1 amide bonds. The van der Waals surface area contributed by atoms with Crippen molar-refractivity contribution in [3.63, 3.8) is 0 Å². The summed E-state index contributed by atoms with van der Waals surface area (Å²) in [5.41, 5.74) is 3.21. The van der Waals surface area contributed by atoms with Gasteiger partial charge in [0.25, 0.3) is 0 Å². The Morgan fingerprint density at radius 3 is 2.38 bits per heavy atom. The number of hydrogen-bond acceptors (Lipinski definition) is 4. The average Bonchev–Trinajstić information content (AvgIpc) is 2.63. The molecule has 0 saturated carbocycles. The average molecular weight is 353 g/mol. The van der Waals surface area contributed by atoms with Gasteiger partial charge in [0.1, 0.15) is 0 Å². The van der Waals surface area contributed by atoms with Crippen molar-refractivity contribution in [3.05, 3.63) is 65.2 Å². The van der Waals surface area contributed by atoms with Gasteiger partial charge in [0.2, 0.25) is 11.7 Å². The molecule has 0 aromatic heterocycles. The van der Waals surface area contributed by atoms with Crippen LogP contribution in [0.2, 0.25) is 0 Å². The molecular formula is C21H23NO4. The normalized spacial score (nSPS) is 11.5. The number of carbonyl (C=O) groups is 3. The second-order valence-corrected chi connectivity index (χ2v) is 6.23. The minimum Gasteiger partial charge on any atom is -0.454 e. The van der Waals surface area contributed by atoms with Gasteiger partial charge < -0.3 is 10.1 Å². The summed E-state index contributed by atoms with van der Waals surface area (Å²) < 4.78 is 5.14. The molecule has 1 unspecified atom stereocenters. The van der Waals surface area contributed by atoms with Crippen molar-refractivity contribution in [1.29, 1.82) is 0 Å². The molecule has 1 N–H and O–H groups in total. The van der Waals surface area contributed by atoms with Gasteiger partial charge in [-0.05, 0) is 38.0 Å². The molecule has 5 heteroatoms. The van der Waals surface area contributed by atoms with E-state index < -0.39 is 12.1 Å². The Balaban J connectivity index is 1.81. The van der Waals surface area contributed by atoms with Crippen LogP contribution >= 0.6 is 0 Å². The zero-order valence-corrected chi connectivity index (χ0v) is 15.2. The zero-order chi connectivity index (χ0) is 19.1. The zero-order valence-electron chi connectivity index (χ0n) is 15.2. The number of anilines is 1. The highest BCUT2D eigenvalue weighted by atomic mass is 16.5. The van der Waals surface area contributed by atoms with Crippen LogP contribution in [0.1, 0.15) is 41.3 Å². The summed E-state index contributed by atoms with van der Waals surface area (Å²) in [6.07, 6.45) is -0.964. The molecule has 5 nitrogen and oxygen atoms in total. The SMILES string of the molecule is Cc1ccc(C)c(NC(=O)CCC(=O)OC(C)C(=O)c2ccccc2)c1. The van der Waals surface area contributed by atoms with Crippen molar-refractivity contribution >= 4 is 23.3 Å². The first kappa shape index (κ1) is 19.4. The van der Waals surface area contributed by atoms with Crippen molar-refractivity contribution in [2.24, 2.45) is 0 Å². The fraction of sp³-hybridized carbons (Fsp3) is 0.286. The first-order valence-corrected chi connectivity index (χ1v) is 8.52. The Bertz CT molecular complexity index is 799. The number of benzene rings is 2. The second kappa shape index (κ2) is 8.94. The monoisotopic (exact) mass is 353 g/mol. The van der Waals surface area contributed by atoms with Crippen LogP contribution in [0.3, 0.4) is 0 Å². The minimum atomic E-state index is -0.882. The van der Waals surface area contributed by atoms with E-state index in [9.17, 15) is 14.4 Å². The molecule has 2 rings (SSSR count). The van der Waals surface area contributed by atoms with Gasteiger partial charge in [-0.25, -0.2) is 0 Å². The van der Waals surface area contributed by atoms with Gasteiger partial charge in [-0.2, -0.15) is 0 Å². The van der Waals surface area contributed by atoms with Gasteiger partial charge in [0.05, 0.1) is 6.42 Å². The first-order valence-electron chi connectivity index (χ1n) is 8.52.